The molecule has 16 heavy (non-hydrogen) atoms. The molecular weight excluding hydrogens is 224 g/mol. The van der Waals surface area contributed by atoms with Crippen LogP contribution in [0.5, 0.6) is 0 Å². The van der Waals surface area contributed by atoms with Crippen LogP contribution in [0.3, 0.4) is 0 Å². The molecule has 1 heterocycles. The molecule has 0 aromatic heterocycles. The summed E-state index contributed by atoms with van der Waals surface area (Å²) in [6.07, 6.45) is 0. The highest BCUT2D eigenvalue weighted by Crippen LogP contribution is 2.54. The number of carbonyl (C=O) groups excluding carboxylic acids is 1. The van der Waals surface area contributed by atoms with Crippen LogP contribution in [0.15, 0.2) is 0 Å². The third-order valence-corrected chi connectivity index (χ3v) is 4.41. The van der Waals surface area contributed by atoms with Gasteiger partial charge < -0.3 is 15.8 Å². The van der Waals surface area contributed by atoms with Crippen molar-refractivity contribution in [2.45, 2.75) is 49.3 Å². The zero-order valence-corrected chi connectivity index (χ0v) is 11.5. The van der Waals surface area contributed by atoms with Crippen LogP contribution in [-0.4, -0.2) is 41.2 Å². The molecule has 1 saturated heterocycles. The van der Waals surface area contributed by atoms with Crippen molar-refractivity contribution in [2.75, 3.05) is 13.7 Å². The average molecular weight is 246 g/mol. The van der Waals surface area contributed by atoms with Crippen molar-refractivity contribution >= 4 is 17.7 Å². The largest absolute Gasteiger partial charge is 0.383 e. The summed E-state index contributed by atoms with van der Waals surface area (Å²) in [5.41, 5.74) is 5.69. The fourth-order valence-corrected chi connectivity index (χ4v) is 4.54. The molecule has 94 valence electrons. The Morgan fingerprint density at radius 3 is 2.31 bits per heavy atom. The molecule has 1 aliphatic rings. The summed E-state index contributed by atoms with van der Waals surface area (Å²) in [6.45, 7) is 8.80. The lowest BCUT2D eigenvalue weighted by Gasteiger charge is -2.56. The van der Waals surface area contributed by atoms with E-state index in [4.69, 9.17) is 10.5 Å². The van der Waals surface area contributed by atoms with E-state index >= 15 is 0 Å². The maximum absolute atomic E-state index is 11.8. The maximum atomic E-state index is 11.8. The molecule has 0 aromatic carbocycles. The van der Waals surface area contributed by atoms with Crippen LogP contribution < -0.4 is 11.1 Å². The highest BCUT2D eigenvalue weighted by Gasteiger charge is 2.54. The van der Waals surface area contributed by atoms with Crippen LogP contribution in [0.4, 0.5) is 0 Å². The number of methoxy groups -OCH3 is 1. The lowest BCUT2D eigenvalue weighted by Crippen LogP contribution is -2.68. The second kappa shape index (κ2) is 4.55. The fraction of sp³-hybridized carbons (Fsp3) is 0.909. The van der Waals surface area contributed by atoms with E-state index in [0.29, 0.717) is 0 Å². The van der Waals surface area contributed by atoms with E-state index in [-0.39, 0.29) is 28.0 Å². The molecule has 5 heteroatoms. The van der Waals surface area contributed by atoms with Crippen molar-refractivity contribution in [3.63, 3.8) is 0 Å². The van der Waals surface area contributed by atoms with Gasteiger partial charge in [-0.1, -0.05) is 0 Å². The number of nitrogens with two attached hydrogens (primary N) is 1. The molecular formula is C11H22N2O2S. The average Bonchev–Trinajstić information content (AvgIpc) is 2.12. The van der Waals surface area contributed by atoms with Gasteiger partial charge in [-0.05, 0) is 27.7 Å². The number of hydrogen-bond donors (Lipinski definition) is 2. The molecule has 3 N–H and O–H groups in total. The van der Waals surface area contributed by atoms with E-state index < -0.39 is 6.04 Å². The van der Waals surface area contributed by atoms with Crippen molar-refractivity contribution in [3.8, 4) is 0 Å². The summed E-state index contributed by atoms with van der Waals surface area (Å²) in [5.74, 6) is -0.131. The molecule has 1 amide bonds. The minimum atomic E-state index is -0.581. The Balaban J connectivity index is 2.56. The zero-order valence-electron chi connectivity index (χ0n) is 10.7. The number of ether oxygens (including phenoxy) is 1. The summed E-state index contributed by atoms with van der Waals surface area (Å²) in [6, 6.07) is -0.428. The van der Waals surface area contributed by atoms with Gasteiger partial charge in [0.15, 0.2) is 0 Å². The first-order valence-electron chi connectivity index (χ1n) is 5.46. The molecule has 1 atom stereocenters. The normalized spacial score (nSPS) is 24.6. The van der Waals surface area contributed by atoms with E-state index in [0.717, 1.165) is 0 Å². The lowest BCUT2D eigenvalue weighted by molar-refractivity contribution is -0.124. The monoisotopic (exact) mass is 246 g/mol. The topological polar surface area (TPSA) is 64.3 Å². The second-order valence-corrected chi connectivity index (χ2v) is 7.62. The number of hydrogen-bond acceptors (Lipinski definition) is 4. The van der Waals surface area contributed by atoms with E-state index in [1.165, 1.54) is 0 Å². The molecule has 0 spiro atoms. The van der Waals surface area contributed by atoms with Gasteiger partial charge >= 0.3 is 0 Å². The van der Waals surface area contributed by atoms with Gasteiger partial charge in [-0.15, -0.1) is 11.8 Å². The molecule has 0 aromatic rings. The zero-order chi connectivity index (χ0) is 12.6. The molecule has 0 radical (unpaired) electrons. The molecule has 1 rings (SSSR count). The Hall–Kier alpha value is -0.260. The Labute approximate surface area is 102 Å². The van der Waals surface area contributed by atoms with Gasteiger partial charge in [0.2, 0.25) is 5.91 Å². The standard InChI is InChI=1S/C11H22N2O2S/c1-10(2)9(11(3,4)16-10)13-8(14)7(12)6-15-5/h7,9H,6,12H2,1-5H3,(H,13,14)/t7-/m0/s1. The third kappa shape index (κ3) is 2.70. The molecule has 0 saturated carbocycles. The maximum Gasteiger partial charge on any atom is 0.239 e. The number of rotatable bonds is 4. The first-order valence-corrected chi connectivity index (χ1v) is 6.27. The molecule has 4 nitrogen and oxygen atoms in total. The smallest absolute Gasteiger partial charge is 0.239 e. The first-order chi connectivity index (χ1) is 7.20. The van der Waals surface area contributed by atoms with Gasteiger partial charge in [0, 0.05) is 16.6 Å². The fourth-order valence-electron chi connectivity index (χ4n) is 2.43. The van der Waals surface area contributed by atoms with Gasteiger partial charge in [-0.25, -0.2) is 0 Å². The summed E-state index contributed by atoms with van der Waals surface area (Å²) in [4.78, 5) is 11.8. The van der Waals surface area contributed by atoms with Crippen molar-refractivity contribution in [1.82, 2.24) is 5.32 Å². The molecule has 1 fully saturated rings. The van der Waals surface area contributed by atoms with Crippen LogP contribution in [0.25, 0.3) is 0 Å². The van der Waals surface area contributed by atoms with E-state index in [1.54, 1.807) is 7.11 Å². The number of amides is 1. The van der Waals surface area contributed by atoms with E-state index in [9.17, 15) is 4.79 Å². The van der Waals surface area contributed by atoms with Gasteiger partial charge in [0.05, 0.1) is 12.6 Å². The summed E-state index contributed by atoms with van der Waals surface area (Å²) in [5, 5.41) is 3.02. The Morgan fingerprint density at radius 1 is 1.44 bits per heavy atom. The van der Waals surface area contributed by atoms with Crippen molar-refractivity contribution in [1.29, 1.82) is 0 Å². The number of thioether (sulfide) groups is 1. The highest BCUT2D eigenvalue weighted by atomic mass is 32.2. The predicted molar refractivity (Wildman–Crippen MR) is 67.5 cm³/mol. The Kier molecular flexibility index (Phi) is 3.92. The summed E-state index contributed by atoms with van der Waals surface area (Å²) >= 11 is 1.88. The lowest BCUT2D eigenvalue weighted by atomic mass is 9.89. The minimum Gasteiger partial charge on any atom is -0.383 e. The van der Waals surface area contributed by atoms with Crippen LogP contribution in [-0.2, 0) is 9.53 Å². The molecule has 0 unspecified atom stereocenters. The van der Waals surface area contributed by atoms with Gasteiger partial charge in [0.25, 0.3) is 0 Å². The Morgan fingerprint density at radius 2 is 1.94 bits per heavy atom. The quantitative estimate of drug-likeness (QED) is 0.768. The van der Waals surface area contributed by atoms with E-state index in [1.807, 2.05) is 11.8 Å². The SMILES string of the molecule is COC[C@H](N)C(=O)NC1C(C)(C)SC1(C)C. The van der Waals surface area contributed by atoms with Crippen LogP contribution in [0.2, 0.25) is 0 Å². The van der Waals surface area contributed by atoms with Gasteiger partial charge in [0.1, 0.15) is 6.04 Å². The van der Waals surface area contributed by atoms with Gasteiger partial charge in [-0.2, -0.15) is 0 Å². The highest BCUT2D eigenvalue weighted by molar-refractivity contribution is 8.03. The predicted octanol–water partition coefficient (Wildman–Crippen LogP) is 0.749. The van der Waals surface area contributed by atoms with Crippen molar-refractivity contribution in [3.05, 3.63) is 0 Å². The van der Waals surface area contributed by atoms with Crippen LogP contribution in [0.1, 0.15) is 27.7 Å². The molecule has 0 bridgehead atoms. The first kappa shape index (κ1) is 13.8. The van der Waals surface area contributed by atoms with Crippen LogP contribution in [0, 0.1) is 0 Å². The van der Waals surface area contributed by atoms with Gasteiger partial charge in [-0.3, -0.25) is 4.79 Å². The minimum absolute atomic E-state index is 0.0753. The van der Waals surface area contributed by atoms with E-state index in [2.05, 4.69) is 33.0 Å². The second-order valence-electron chi connectivity index (χ2n) is 5.31. The van der Waals surface area contributed by atoms with Crippen molar-refractivity contribution < 1.29 is 9.53 Å². The molecule has 1 aliphatic heterocycles. The Bertz CT molecular complexity index is 265. The van der Waals surface area contributed by atoms with Crippen LogP contribution >= 0.6 is 11.8 Å². The third-order valence-electron chi connectivity index (χ3n) is 2.89. The van der Waals surface area contributed by atoms with Crippen molar-refractivity contribution in [2.24, 2.45) is 5.73 Å². The molecule has 0 aliphatic carbocycles. The summed E-state index contributed by atoms with van der Waals surface area (Å²) in [7, 11) is 1.54. The number of carbonyl (C=O) groups is 1. The summed E-state index contributed by atoms with van der Waals surface area (Å²) < 4.78 is 5.02. The number of nitrogens with one attached hydrogen (secondary N) is 1.